The first-order chi connectivity index (χ1) is 15.9. The van der Waals surface area contributed by atoms with Gasteiger partial charge in [-0.15, -0.1) is 10.2 Å². The second kappa shape index (κ2) is 9.55. The van der Waals surface area contributed by atoms with Crippen molar-refractivity contribution in [3.8, 4) is 5.75 Å². The van der Waals surface area contributed by atoms with Gasteiger partial charge in [0.05, 0.1) is 10.6 Å². The Balaban J connectivity index is 1.40. The summed E-state index contributed by atoms with van der Waals surface area (Å²) in [5, 5.41) is 13.6. The van der Waals surface area contributed by atoms with Crippen LogP contribution in [0.3, 0.4) is 0 Å². The van der Waals surface area contributed by atoms with Crippen molar-refractivity contribution in [2.24, 2.45) is 0 Å². The van der Waals surface area contributed by atoms with Gasteiger partial charge >= 0.3 is 0 Å². The van der Waals surface area contributed by atoms with Crippen molar-refractivity contribution >= 4 is 48.9 Å². The van der Waals surface area contributed by atoms with E-state index in [1.54, 1.807) is 42.5 Å². The van der Waals surface area contributed by atoms with Gasteiger partial charge in [0.2, 0.25) is 5.13 Å². The SMILES string of the molecule is CCc1nnc(NC(=O)COc2ccc(N(C)S(=O)(=O)c3ccc4ccccc4c3)cc2)s1. The predicted molar refractivity (Wildman–Crippen MR) is 129 cm³/mol. The predicted octanol–water partition coefficient (Wildman–Crippen LogP) is 4.10. The van der Waals surface area contributed by atoms with Crippen LogP contribution in [0.4, 0.5) is 10.8 Å². The van der Waals surface area contributed by atoms with Gasteiger partial charge in [0, 0.05) is 7.05 Å². The number of aryl methyl sites for hydroxylation is 1. The number of hydrogen-bond donors (Lipinski definition) is 1. The molecular formula is C23H22N4O4S2. The maximum absolute atomic E-state index is 13.1. The lowest BCUT2D eigenvalue weighted by molar-refractivity contribution is -0.118. The fourth-order valence-corrected chi connectivity index (χ4v) is 5.06. The number of rotatable bonds is 8. The summed E-state index contributed by atoms with van der Waals surface area (Å²) >= 11 is 1.32. The third-order valence-corrected chi connectivity index (χ3v) is 7.73. The first kappa shape index (κ1) is 22.7. The monoisotopic (exact) mass is 482 g/mol. The number of aromatic nitrogens is 2. The van der Waals surface area contributed by atoms with E-state index in [2.05, 4.69) is 15.5 Å². The van der Waals surface area contributed by atoms with E-state index in [-0.39, 0.29) is 17.4 Å². The van der Waals surface area contributed by atoms with Crippen LogP contribution in [0.2, 0.25) is 0 Å². The van der Waals surface area contributed by atoms with Crippen LogP contribution in [0.1, 0.15) is 11.9 Å². The molecule has 33 heavy (non-hydrogen) atoms. The summed E-state index contributed by atoms with van der Waals surface area (Å²) < 4.78 is 32.9. The van der Waals surface area contributed by atoms with Gasteiger partial charge in [-0.2, -0.15) is 0 Å². The molecule has 0 aliphatic carbocycles. The maximum Gasteiger partial charge on any atom is 0.264 e. The molecule has 0 spiro atoms. The Morgan fingerprint density at radius 1 is 1.03 bits per heavy atom. The summed E-state index contributed by atoms with van der Waals surface area (Å²) in [6.45, 7) is 1.76. The molecule has 0 saturated heterocycles. The lowest BCUT2D eigenvalue weighted by atomic mass is 10.1. The molecule has 0 bridgehead atoms. The van der Waals surface area contributed by atoms with Crippen molar-refractivity contribution in [3.05, 3.63) is 71.7 Å². The number of fused-ring (bicyclic) bond motifs is 1. The van der Waals surface area contributed by atoms with Gasteiger partial charge in [-0.3, -0.25) is 14.4 Å². The van der Waals surface area contributed by atoms with E-state index in [4.69, 9.17) is 4.74 Å². The van der Waals surface area contributed by atoms with E-state index in [0.29, 0.717) is 16.6 Å². The molecule has 1 aromatic heterocycles. The number of hydrogen-bond acceptors (Lipinski definition) is 7. The van der Waals surface area contributed by atoms with Gasteiger partial charge in [-0.05, 0) is 53.6 Å². The minimum Gasteiger partial charge on any atom is -0.484 e. The van der Waals surface area contributed by atoms with Crippen molar-refractivity contribution in [1.82, 2.24) is 10.2 Å². The normalized spacial score (nSPS) is 11.3. The first-order valence-electron chi connectivity index (χ1n) is 10.2. The van der Waals surface area contributed by atoms with Crippen molar-refractivity contribution in [2.45, 2.75) is 18.2 Å². The van der Waals surface area contributed by atoms with Crippen LogP contribution in [0.5, 0.6) is 5.75 Å². The standard InChI is InChI=1S/C23H22N4O4S2/c1-3-22-25-26-23(32-22)24-21(28)15-31-19-11-9-18(10-12-19)27(2)33(29,30)20-13-8-16-6-4-5-7-17(16)14-20/h4-14H,3,15H2,1-2H3,(H,24,26,28). The quantitative estimate of drug-likeness (QED) is 0.406. The number of sulfonamides is 1. The Morgan fingerprint density at radius 3 is 2.45 bits per heavy atom. The molecule has 3 aromatic carbocycles. The molecule has 1 N–H and O–H groups in total. The van der Waals surface area contributed by atoms with Crippen molar-refractivity contribution < 1.29 is 17.9 Å². The van der Waals surface area contributed by atoms with E-state index in [1.807, 2.05) is 31.2 Å². The highest BCUT2D eigenvalue weighted by molar-refractivity contribution is 7.92. The number of anilines is 2. The number of carbonyl (C=O) groups excluding carboxylic acids is 1. The highest BCUT2D eigenvalue weighted by atomic mass is 32.2. The summed E-state index contributed by atoms with van der Waals surface area (Å²) in [7, 11) is -2.24. The second-order valence-corrected chi connectivity index (χ2v) is 10.2. The molecule has 1 amide bonds. The number of amides is 1. The van der Waals surface area contributed by atoms with E-state index < -0.39 is 10.0 Å². The van der Waals surface area contributed by atoms with Crippen LogP contribution in [-0.2, 0) is 21.2 Å². The number of carbonyl (C=O) groups is 1. The molecule has 170 valence electrons. The lowest BCUT2D eigenvalue weighted by Crippen LogP contribution is -2.26. The van der Waals surface area contributed by atoms with Crippen molar-refractivity contribution in [1.29, 1.82) is 0 Å². The lowest BCUT2D eigenvalue weighted by Gasteiger charge is -2.20. The number of nitrogens with one attached hydrogen (secondary N) is 1. The zero-order valence-corrected chi connectivity index (χ0v) is 19.7. The third-order valence-electron chi connectivity index (χ3n) is 4.97. The fourth-order valence-electron chi connectivity index (χ4n) is 3.13. The second-order valence-electron chi connectivity index (χ2n) is 7.17. The third kappa shape index (κ3) is 5.12. The van der Waals surface area contributed by atoms with E-state index >= 15 is 0 Å². The highest BCUT2D eigenvalue weighted by Crippen LogP contribution is 2.26. The van der Waals surface area contributed by atoms with Gasteiger partial charge < -0.3 is 4.74 Å². The Labute approximate surface area is 195 Å². The van der Waals surface area contributed by atoms with E-state index in [0.717, 1.165) is 22.2 Å². The zero-order valence-electron chi connectivity index (χ0n) is 18.1. The molecule has 0 atom stereocenters. The summed E-state index contributed by atoms with van der Waals surface area (Å²) in [6, 6.07) is 19.2. The van der Waals surface area contributed by atoms with Crippen LogP contribution in [0, 0.1) is 0 Å². The average molecular weight is 483 g/mol. The molecule has 8 nitrogen and oxygen atoms in total. The largest absolute Gasteiger partial charge is 0.484 e. The van der Waals surface area contributed by atoms with E-state index in [1.165, 1.54) is 22.7 Å². The first-order valence-corrected chi connectivity index (χ1v) is 12.5. The molecule has 10 heteroatoms. The molecular weight excluding hydrogens is 460 g/mol. The molecule has 0 radical (unpaired) electrons. The summed E-state index contributed by atoms with van der Waals surface area (Å²) in [4.78, 5) is 12.3. The molecule has 0 fully saturated rings. The minimum absolute atomic E-state index is 0.203. The molecule has 4 rings (SSSR count). The van der Waals surface area contributed by atoms with Crippen LogP contribution in [-0.4, -0.2) is 38.2 Å². The minimum atomic E-state index is -3.74. The molecule has 1 heterocycles. The number of ether oxygens (including phenoxy) is 1. The smallest absolute Gasteiger partial charge is 0.264 e. The Morgan fingerprint density at radius 2 is 1.76 bits per heavy atom. The number of nitrogens with zero attached hydrogens (tertiary/aromatic N) is 3. The zero-order chi connectivity index (χ0) is 23.4. The maximum atomic E-state index is 13.1. The molecule has 0 saturated carbocycles. The molecule has 0 unspecified atom stereocenters. The van der Waals surface area contributed by atoms with Gasteiger partial charge in [0.25, 0.3) is 15.9 Å². The summed E-state index contributed by atoms with van der Waals surface area (Å²) in [5.74, 6) is 0.0887. The molecule has 0 aliphatic heterocycles. The average Bonchev–Trinajstić information content (AvgIpc) is 3.29. The Bertz CT molecular complexity index is 1390. The van der Waals surface area contributed by atoms with Crippen LogP contribution in [0.15, 0.2) is 71.6 Å². The number of benzene rings is 3. The van der Waals surface area contributed by atoms with E-state index in [9.17, 15) is 13.2 Å². The Hall–Kier alpha value is -3.50. The van der Waals surface area contributed by atoms with Crippen molar-refractivity contribution in [3.63, 3.8) is 0 Å². The van der Waals surface area contributed by atoms with Crippen LogP contribution >= 0.6 is 11.3 Å². The van der Waals surface area contributed by atoms with Gasteiger partial charge in [0.15, 0.2) is 6.61 Å². The van der Waals surface area contributed by atoms with Crippen LogP contribution < -0.4 is 14.4 Å². The molecule has 0 aliphatic rings. The van der Waals surface area contributed by atoms with Gasteiger partial charge in [-0.25, -0.2) is 8.42 Å². The summed E-state index contributed by atoms with van der Waals surface area (Å²) in [5.41, 5.74) is 0.473. The highest BCUT2D eigenvalue weighted by Gasteiger charge is 2.21. The summed E-state index contributed by atoms with van der Waals surface area (Å²) in [6.07, 6.45) is 0.751. The van der Waals surface area contributed by atoms with Crippen LogP contribution in [0.25, 0.3) is 10.8 Å². The van der Waals surface area contributed by atoms with Gasteiger partial charge in [0.1, 0.15) is 10.8 Å². The molecule has 4 aromatic rings. The fraction of sp³-hybridized carbons (Fsp3) is 0.174. The Kier molecular flexibility index (Phi) is 6.57. The van der Waals surface area contributed by atoms with Crippen molar-refractivity contribution in [2.75, 3.05) is 23.3 Å². The van der Waals surface area contributed by atoms with Gasteiger partial charge in [-0.1, -0.05) is 48.6 Å². The topological polar surface area (TPSA) is 101 Å².